The Morgan fingerprint density at radius 3 is 2.37 bits per heavy atom. The summed E-state index contributed by atoms with van der Waals surface area (Å²) in [6.45, 7) is 0. The molecule has 2 amide bonds. The Morgan fingerprint density at radius 1 is 1.00 bits per heavy atom. The molecule has 186 valence electrons. The maximum atomic E-state index is 13.0. The largest absolute Gasteiger partial charge is 0.508 e. The zero-order chi connectivity index (χ0) is 25.4. The van der Waals surface area contributed by atoms with Gasteiger partial charge in [0.2, 0.25) is 11.8 Å². The lowest BCUT2D eigenvalue weighted by atomic mass is 10.0. The highest BCUT2D eigenvalue weighted by Crippen LogP contribution is 2.19. The molecule has 0 fully saturated rings. The number of aromatic nitrogens is 1. The summed E-state index contributed by atoms with van der Waals surface area (Å²) in [5.74, 6) is -1.61. The van der Waals surface area contributed by atoms with Gasteiger partial charge in [-0.3, -0.25) is 9.59 Å². The van der Waals surface area contributed by atoms with Crippen LogP contribution in [0, 0.1) is 0 Å². The smallest absolute Gasteiger partial charge is 0.326 e. The molecule has 3 unspecified atom stereocenters. The molecule has 0 radical (unpaired) electrons. The fourth-order valence-corrected chi connectivity index (χ4v) is 4.22. The number of nitrogens with two attached hydrogens (primary N) is 1. The van der Waals surface area contributed by atoms with Crippen molar-refractivity contribution in [1.82, 2.24) is 15.6 Å². The number of carboxylic acids is 1. The molecule has 3 rings (SSSR count). The molecule has 1 aromatic heterocycles. The second-order valence-electron chi connectivity index (χ2n) is 8.28. The SMILES string of the molecule is CSCCC(NC(=O)C(N)Cc1c[nH]c2ccccc12)C(=O)NC(Cc1ccc(O)cc1)C(=O)O. The topological polar surface area (TPSA) is 158 Å². The first-order valence-electron chi connectivity index (χ1n) is 11.2. The molecular formula is C25H30N4O5S. The van der Waals surface area contributed by atoms with Gasteiger partial charge < -0.3 is 31.6 Å². The number of phenolic OH excluding ortho intramolecular Hbond substituents is 1. The van der Waals surface area contributed by atoms with Gasteiger partial charge in [0.05, 0.1) is 6.04 Å². The van der Waals surface area contributed by atoms with Crippen LogP contribution in [0.1, 0.15) is 17.5 Å². The summed E-state index contributed by atoms with van der Waals surface area (Å²) >= 11 is 1.51. The molecule has 3 atom stereocenters. The average Bonchev–Trinajstić information content (AvgIpc) is 3.25. The standard InChI is InChI=1S/C25H30N4O5S/c1-35-11-10-21(24(32)29-22(25(33)34)12-15-6-8-17(30)9-7-15)28-23(31)19(26)13-16-14-27-20-5-3-2-4-18(16)20/h2-9,14,19,21-22,27,30H,10-13,26H2,1H3,(H,28,31)(H,29,32)(H,33,34). The zero-order valence-corrected chi connectivity index (χ0v) is 20.2. The van der Waals surface area contributed by atoms with E-state index >= 15 is 0 Å². The van der Waals surface area contributed by atoms with Gasteiger partial charge in [-0.05, 0) is 54.2 Å². The number of carboxylic acid groups (broad SMARTS) is 1. The molecule has 10 heteroatoms. The number of benzene rings is 2. The highest BCUT2D eigenvalue weighted by molar-refractivity contribution is 7.98. The Morgan fingerprint density at radius 2 is 1.69 bits per heavy atom. The van der Waals surface area contributed by atoms with Crippen LogP contribution in [0.25, 0.3) is 10.9 Å². The van der Waals surface area contributed by atoms with Gasteiger partial charge in [-0.1, -0.05) is 30.3 Å². The molecule has 2 aromatic carbocycles. The second-order valence-corrected chi connectivity index (χ2v) is 9.27. The van der Waals surface area contributed by atoms with Gasteiger partial charge in [0, 0.05) is 23.5 Å². The number of phenols is 1. The Kier molecular flexibility index (Phi) is 9.16. The van der Waals surface area contributed by atoms with Gasteiger partial charge in [-0.15, -0.1) is 0 Å². The van der Waals surface area contributed by atoms with Crippen LogP contribution in [0.5, 0.6) is 5.75 Å². The van der Waals surface area contributed by atoms with E-state index in [0.29, 0.717) is 17.7 Å². The Balaban J connectivity index is 1.65. The monoisotopic (exact) mass is 498 g/mol. The number of nitrogens with one attached hydrogen (secondary N) is 3. The predicted octanol–water partition coefficient (Wildman–Crippen LogP) is 1.79. The zero-order valence-electron chi connectivity index (χ0n) is 19.4. The van der Waals surface area contributed by atoms with Crippen molar-refractivity contribution in [2.45, 2.75) is 37.4 Å². The van der Waals surface area contributed by atoms with Crippen molar-refractivity contribution >= 4 is 40.4 Å². The number of thioether (sulfide) groups is 1. The third kappa shape index (κ3) is 7.24. The van der Waals surface area contributed by atoms with E-state index in [0.717, 1.165) is 16.5 Å². The second kappa shape index (κ2) is 12.3. The van der Waals surface area contributed by atoms with E-state index in [1.165, 1.54) is 23.9 Å². The van der Waals surface area contributed by atoms with Crippen LogP contribution >= 0.6 is 11.8 Å². The summed E-state index contributed by atoms with van der Waals surface area (Å²) < 4.78 is 0. The molecule has 35 heavy (non-hydrogen) atoms. The fraction of sp³-hybridized carbons (Fsp3) is 0.320. The van der Waals surface area contributed by atoms with Gasteiger partial charge >= 0.3 is 5.97 Å². The van der Waals surface area contributed by atoms with Gasteiger partial charge in [-0.25, -0.2) is 4.79 Å². The number of aromatic amines is 1. The molecule has 0 spiro atoms. The van der Waals surface area contributed by atoms with Crippen molar-refractivity contribution in [3.05, 3.63) is 65.9 Å². The van der Waals surface area contributed by atoms with Crippen molar-refractivity contribution in [2.75, 3.05) is 12.0 Å². The van der Waals surface area contributed by atoms with Gasteiger partial charge in [-0.2, -0.15) is 11.8 Å². The lowest BCUT2D eigenvalue weighted by molar-refractivity contribution is -0.142. The molecule has 1 heterocycles. The highest BCUT2D eigenvalue weighted by Gasteiger charge is 2.28. The number of aromatic hydroxyl groups is 1. The van der Waals surface area contributed by atoms with Gasteiger partial charge in [0.25, 0.3) is 0 Å². The number of carbonyl (C=O) groups excluding carboxylic acids is 2. The first kappa shape index (κ1) is 26.1. The summed E-state index contributed by atoms with van der Waals surface area (Å²) in [6.07, 6.45) is 4.33. The molecule has 0 saturated carbocycles. The minimum atomic E-state index is -1.20. The maximum absolute atomic E-state index is 13.0. The molecule has 0 bridgehead atoms. The molecule has 0 aliphatic carbocycles. The van der Waals surface area contributed by atoms with Gasteiger partial charge in [0.1, 0.15) is 17.8 Å². The number of H-pyrrole nitrogens is 1. The first-order valence-corrected chi connectivity index (χ1v) is 12.6. The number of aliphatic carboxylic acids is 1. The lowest BCUT2D eigenvalue weighted by Crippen LogP contribution is -2.55. The maximum Gasteiger partial charge on any atom is 0.326 e. The number of hydrogen-bond donors (Lipinski definition) is 6. The molecule has 3 aromatic rings. The van der Waals surface area contributed by atoms with Crippen LogP contribution < -0.4 is 16.4 Å². The molecule has 7 N–H and O–H groups in total. The van der Waals surface area contributed by atoms with E-state index in [9.17, 15) is 24.6 Å². The van der Waals surface area contributed by atoms with Crippen molar-refractivity contribution < 1.29 is 24.6 Å². The van der Waals surface area contributed by atoms with Crippen LogP contribution in [0.3, 0.4) is 0 Å². The van der Waals surface area contributed by atoms with Crippen LogP contribution in [0.2, 0.25) is 0 Å². The number of carbonyl (C=O) groups is 3. The molecule has 0 saturated heterocycles. The van der Waals surface area contributed by atoms with Crippen LogP contribution in [0.4, 0.5) is 0 Å². The Labute approximate surface area is 207 Å². The average molecular weight is 499 g/mol. The van der Waals surface area contributed by atoms with Crippen LogP contribution in [-0.4, -0.2) is 63.1 Å². The van der Waals surface area contributed by atoms with Crippen molar-refractivity contribution in [2.24, 2.45) is 5.73 Å². The number of fused-ring (bicyclic) bond motifs is 1. The normalized spacial score (nSPS) is 13.7. The van der Waals surface area contributed by atoms with E-state index in [-0.39, 0.29) is 18.6 Å². The third-order valence-corrected chi connectivity index (χ3v) is 6.33. The first-order chi connectivity index (χ1) is 16.8. The number of amides is 2. The summed E-state index contributed by atoms with van der Waals surface area (Å²) in [5.41, 5.74) is 8.64. The number of para-hydroxylation sites is 1. The van der Waals surface area contributed by atoms with E-state index in [1.807, 2.05) is 36.7 Å². The van der Waals surface area contributed by atoms with E-state index in [4.69, 9.17) is 5.73 Å². The van der Waals surface area contributed by atoms with E-state index < -0.39 is 35.9 Å². The number of rotatable bonds is 12. The minimum Gasteiger partial charge on any atom is -0.508 e. The lowest BCUT2D eigenvalue weighted by Gasteiger charge is -2.23. The highest BCUT2D eigenvalue weighted by atomic mass is 32.2. The summed E-state index contributed by atoms with van der Waals surface area (Å²) in [5, 5.41) is 25.3. The van der Waals surface area contributed by atoms with Crippen LogP contribution in [-0.2, 0) is 27.2 Å². The Bertz CT molecular complexity index is 1160. The molecular weight excluding hydrogens is 468 g/mol. The van der Waals surface area contributed by atoms with Crippen LogP contribution in [0.15, 0.2) is 54.7 Å². The Hall–Kier alpha value is -3.50. The third-order valence-electron chi connectivity index (χ3n) is 5.69. The van der Waals surface area contributed by atoms with Crippen molar-refractivity contribution in [3.8, 4) is 5.75 Å². The van der Waals surface area contributed by atoms with Crippen molar-refractivity contribution in [1.29, 1.82) is 0 Å². The summed E-state index contributed by atoms with van der Waals surface area (Å²) in [7, 11) is 0. The van der Waals surface area contributed by atoms with E-state index in [2.05, 4.69) is 15.6 Å². The number of hydrogen-bond acceptors (Lipinski definition) is 6. The molecule has 0 aliphatic heterocycles. The fourth-order valence-electron chi connectivity index (χ4n) is 3.75. The van der Waals surface area contributed by atoms with Crippen molar-refractivity contribution in [3.63, 3.8) is 0 Å². The molecule has 9 nitrogen and oxygen atoms in total. The quantitative estimate of drug-likeness (QED) is 0.222. The summed E-state index contributed by atoms with van der Waals surface area (Å²) in [6, 6.07) is 10.8. The van der Waals surface area contributed by atoms with E-state index in [1.54, 1.807) is 12.1 Å². The summed E-state index contributed by atoms with van der Waals surface area (Å²) in [4.78, 5) is 40.8. The predicted molar refractivity (Wildman–Crippen MR) is 136 cm³/mol. The minimum absolute atomic E-state index is 0.0324. The molecule has 0 aliphatic rings. The van der Waals surface area contributed by atoms with Gasteiger partial charge in [0.15, 0.2) is 0 Å².